The second kappa shape index (κ2) is 7.87. The van der Waals surface area contributed by atoms with Crippen molar-refractivity contribution in [3.8, 4) is 11.5 Å². The summed E-state index contributed by atoms with van der Waals surface area (Å²) in [5.74, 6) is 1.38. The summed E-state index contributed by atoms with van der Waals surface area (Å²) in [6.45, 7) is 4.52. The second-order valence-electron chi connectivity index (χ2n) is 5.95. The smallest absolute Gasteiger partial charge is 0.270 e. The molecule has 1 amide bonds. The highest BCUT2D eigenvalue weighted by Gasteiger charge is 2.13. The number of pyridine rings is 1. The average molecular weight is 350 g/mol. The molecular weight excluding hydrogens is 328 g/mol. The van der Waals surface area contributed by atoms with Gasteiger partial charge in [-0.3, -0.25) is 4.79 Å². The van der Waals surface area contributed by atoms with E-state index in [1.165, 1.54) is 0 Å². The Labute approximate surface area is 153 Å². The van der Waals surface area contributed by atoms with Crippen molar-refractivity contribution < 1.29 is 14.3 Å². The number of ether oxygens (including phenoxy) is 2. The molecule has 0 aliphatic carbocycles. The number of fused-ring (bicyclic) bond motifs is 1. The predicted octanol–water partition coefficient (Wildman–Crippen LogP) is 4.13. The lowest BCUT2D eigenvalue weighted by Crippen LogP contribution is -2.27. The lowest BCUT2D eigenvalue weighted by Gasteiger charge is -2.15. The molecule has 0 spiro atoms. The van der Waals surface area contributed by atoms with Gasteiger partial charge in [-0.25, -0.2) is 4.98 Å². The van der Waals surface area contributed by atoms with Crippen LogP contribution in [0.1, 0.15) is 35.9 Å². The zero-order valence-corrected chi connectivity index (χ0v) is 15.2. The second-order valence-corrected chi connectivity index (χ2v) is 5.95. The van der Waals surface area contributed by atoms with Gasteiger partial charge in [0.1, 0.15) is 17.2 Å². The Bertz CT molecular complexity index is 907. The molecule has 2 aromatic carbocycles. The van der Waals surface area contributed by atoms with E-state index in [-0.39, 0.29) is 11.9 Å². The third-order valence-electron chi connectivity index (χ3n) is 4.17. The molecule has 0 bridgehead atoms. The van der Waals surface area contributed by atoms with Crippen LogP contribution < -0.4 is 14.8 Å². The molecule has 1 N–H and O–H groups in total. The van der Waals surface area contributed by atoms with E-state index in [9.17, 15) is 4.79 Å². The van der Waals surface area contributed by atoms with Gasteiger partial charge in [0.05, 0.1) is 25.3 Å². The van der Waals surface area contributed by atoms with Crippen molar-refractivity contribution in [3.63, 3.8) is 0 Å². The van der Waals surface area contributed by atoms with Crippen LogP contribution in [0.2, 0.25) is 0 Å². The summed E-state index contributed by atoms with van der Waals surface area (Å²) in [7, 11) is 1.62. The molecule has 0 aliphatic rings. The Morgan fingerprint density at radius 2 is 1.81 bits per heavy atom. The number of amides is 1. The maximum Gasteiger partial charge on any atom is 0.270 e. The van der Waals surface area contributed by atoms with Crippen LogP contribution in [0.4, 0.5) is 0 Å². The van der Waals surface area contributed by atoms with Crippen LogP contribution in [-0.2, 0) is 0 Å². The predicted molar refractivity (Wildman–Crippen MR) is 102 cm³/mol. The number of nitrogens with one attached hydrogen (secondary N) is 1. The van der Waals surface area contributed by atoms with E-state index < -0.39 is 0 Å². The Balaban J connectivity index is 1.73. The summed E-state index contributed by atoms with van der Waals surface area (Å²) in [4.78, 5) is 17.0. The Morgan fingerprint density at radius 3 is 2.50 bits per heavy atom. The minimum Gasteiger partial charge on any atom is -0.497 e. The van der Waals surface area contributed by atoms with Crippen molar-refractivity contribution in [1.29, 1.82) is 0 Å². The summed E-state index contributed by atoms with van der Waals surface area (Å²) < 4.78 is 10.7. The number of carbonyl (C=O) groups excluding carboxylic acids is 1. The quantitative estimate of drug-likeness (QED) is 0.726. The number of hydrogen-bond acceptors (Lipinski definition) is 4. The lowest BCUT2D eigenvalue weighted by molar-refractivity contribution is 0.0935. The lowest BCUT2D eigenvalue weighted by atomic mass is 10.1. The number of methoxy groups -OCH3 is 1. The standard InChI is InChI=1S/C21H22N2O3/c1-4-26-17-8-5-15(6-9-17)14(2)22-21(24)20-11-7-16-13-18(25-3)10-12-19(16)23-20/h5-14H,4H2,1-3H3,(H,22,24). The molecule has 0 fully saturated rings. The van der Waals surface area contributed by atoms with Gasteiger partial charge >= 0.3 is 0 Å². The van der Waals surface area contributed by atoms with Crippen LogP contribution in [0.3, 0.4) is 0 Å². The average Bonchev–Trinajstić information content (AvgIpc) is 2.67. The Morgan fingerprint density at radius 1 is 1.08 bits per heavy atom. The van der Waals surface area contributed by atoms with Crippen LogP contribution in [0.15, 0.2) is 54.6 Å². The van der Waals surface area contributed by atoms with E-state index in [1.54, 1.807) is 13.2 Å². The molecule has 26 heavy (non-hydrogen) atoms. The zero-order valence-electron chi connectivity index (χ0n) is 15.2. The third kappa shape index (κ3) is 3.94. The van der Waals surface area contributed by atoms with E-state index in [4.69, 9.17) is 9.47 Å². The highest BCUT2D eigenvalue weighted by Crippen LogP contribution is 2.21. The fourth-order valence-electron chi connectivity index (χ4n) is 2.73. The first kappa shape index (κ1) is 17.7. The molecule has 0 radical (unpaired) electrons. The van der Waals surface area contributed by atoms with Gasteiger partial charge in [-0.2, -0.15) is 0 Å². The number of rotatable bonds is 6. The molecule has 0 aliphatic heterocycles. The third-order valence-corrected chi connectivity index (χ3v) is 4.17. The SMILES string of the molecule is CCOc1ccc(C(C)NC(=O)c2ccc3cc(OC)ccc3n2)cc1. The molecule has 0 saturated carbocycles. The minimum atomic E-state index is -0.205. The molecule has 1 aromatic heterocycles. The minimum absolute atomic E-state index is 0.133. The first-order valence-corrected chi connectivity index (χ1v) is 8.59. The van der Waals surface area contributed by atoms with Gasteiger partial charge in [0.25, 0.3) is 5.91 Å². The van der Waals surface area contributed by atoms with Crippen LogP contribution >= 0.6 is 0 Å². The largest absolute Gasteiger partial charge is 0.497 e. The van der Waals surface area contributed by atoms with Crippen LogP contribution in [-0.4, -0.2) is 24.6 Å². The van der Waals surface area contributed by atoms with Gasteiger partial charge in [0.2, 0.25) is 0 Å². The van der Waals surface area contributed by atoms with Gasteiger partial charge < -0.3 is 14.8 Å². The molecule has 5 heteroatoms. The Hall–Kier alpha value is -3.08. The van der Waals surface area contributed by atoms with Crippen molar-refractivity contribution in [2.45, 2.75) is 19.9 Å². The molecule has 1 unspecified atom stereocenters. The topological polar surface area (TPSA) is 60.5 Å². The normalized spacial score (nSPS) is 11.8. The van der Waals surface area contributed by atoms with E-state index in [2.05, 4.69) is 10.3 Å². The highest BCUT2D eigenvalue weighted by molar-refractivity contribution is 5.95. The van der Waals surface area contributed by atoms with Crippen molar-refractivity contribution in [2.24, 2.45) is 0 Å². The summed E-state index contributed by atoms with van der Waals surface area (Å²) in [5, 5.41) is 3.92. The molecule has 5 nitrogen and oxygen atoms in total. The summed E-state index contributed by atoms with van der Waals surface area (Å²) in [6, 6.07) is 16.8. The number of benzene rings is 2. The van der Waals surface area contributed by atoms with Crippen molar-refractivity contribution in [1.82, 2.24) is 10.3 Å². The van der Waals surface area contributed by atoms with E-state index in [0.29, 0.717) is 12.3 Å². The number of carbonyl (C=O) groups is 1. The van der Waals surface area contributed by atoms with E-state index in [1.807, 2.05) is 62.4 Å². The maximum atomic E-state index is 12.5. The summed E-state index contributed by atoms with van der Waals surface area (Å²) in [5.41, 5.74) is 2.15. The van der Waals surface area contributed by atoms with Crippen molar-refractivity contribution >= 4 is 16.8 Å². The first-order valence-electron chi connectivity index (χ1n) is 8.59. The fraction of sp³-hybridized carbons (Fsp3) is 0.238. The number of aromatic nitrogens is 1. The van der Waals surface area contributed by atoms with Crippen LogP contribution in [0, 0.1) is 0 Å². The molecule has 3 aromatic rings. The maximum absolute atomic E-state index is 12.5. The van der Waals surface area contributed by atoms with Crippen molar-refractivity contribution in [2.75, 3.05) is 13.7 Å². The van der Waals surface area contributed by atoms with E-state index in [0.717, 1.165) is 28.0 Å². The van der Waals surface area contributed by atoms with Crippen molar-refractivity contribution in [3.05, 3.63) is 65.9 Å². The van der Waals surface area contributed by atoms with Gasteiger partial charge in [0.15, 0.2) is 0 Å². The molecule has 3 rings (SSSR count). The highest BCUT2D eigenvalue weighted by atomic mass is 16.5. The molecule has 134 valence electrons. The number of nitrogens with zero attached hydrogens (tertiary/aromatic N) is 1. The van der Waals surface area contributed by atoms with E-state index >= 15 is 0 Å². The monoisotopic (exact) mass is 350 g/mol. The van der Waals surface area contributed by atoms with Gasteiger partial charge in [0, 0.05) is 5.39 Å². The van der Waals surface area contributed by atoms with Gasteiger partial charge in [-0.1, -0.05) is 18.2 Å². The Kier molecular flexibility index (Phi) is 5.37. The van der Waals surface area contributed by atoms with Crippen LogP contribution in [0.5, 0.6) is 11.5 Å². The van der Waals surface area contributed by atoms with Gasteiger partial charge in [-0.05, 0) is 55.8 Å². The first-order chi connectivity index (χ1) is 12.6. The molecule has 1 atom stereocenters. The molecule has 1 heterocycles. The molecule has 0 saturated heterocycles. The van der Waals surface area contributed by atoms with Gasteiger partial charge in [-0.15, -0.1) is 0 Å². The molecular formula is C21H22N2O3. The fourth-order valence-corrected chi connectivity index (χ4v) is 2.73. The number of hydrogen-bond donors (Lipinski definition) is 1. The zero-order chi connectivity index (χ0) is 18.5. The summed E-state index contributed by atoms with van der Waals surface area (Å²) >= 11 is 0. The summed E-state index contributed by atoms with van der Waals surface area (Å²) in [6.07, 6.45) is 0. The van der Waals surface area contributed by atoms with Crippen LogP contribution in [0.25, 0.3) is 10.9 Å².